The fourth-order valence-electron chi connectivity index (χ4n) is 0.738. The summed E-state index contributed by atoms with van der Waals surface area (Å²) in [5.74, 6) is 0.864. The van der Waals surface area contributed by atoms with Crippen LogP contribution in [-0.4, -0.2) is 23.7 Å². The van der Waals surface area contributed by atoms with Crippen LogP contribution in [0.15, 0.2) is 18.3 Å². The van der Waals surface area contributed by atoms with Crippen LogP contribution in [0.2, 0.25) is 0 Å². The summed E-state index contributed by atoms with van der Waals surface area (Å²) in [5.41, 5.74) is 6.51. The number of aliphatic hydroxyl groups excluding tert-OH is 1. The number of anilines is 1. The van der Waals surface area contributed by atoms with E-state index >= 15 is 0 Å². The molecule has 0 spiro atoms. The smallest absolute Gasteiger partial charge is 0.125 e. The molecule has 1 aromatic heterocycles. The molecule has 0 amide bonds. The molecule has 0 aliphatic heterocycles. The minimum atomic E-state index is 0.319. The lowest BCUT2D eigenvalue weighted by molar-refractivity contribution is 0.295. The van der Waals surface area contributed by atoms with Gasteiger partial charge in [0.15, 0.2) is 0 Å². The first-order valence-corrected chi connectivity index (χ1v) is 4.72. The van der Waals surface area contributed by atoms with E-state index in [0.717, 1.165) is 17.8 Å². The van der Waals surface area contributed by atoms with E-state index < -0.39 is 0 Å². The number of nitrogens with two attached hydrogens (primary N) is 1. The van der Waals surface area contributed by atoms with Crippen LogP contribution >= 0.6 is 0 Å². The van der Waals surface area contributed by atoms with Crippen molar-refractivity contribution in [1.82, 2.24) is 4.98 Å². The van der Waals surface area contributed by atoms with Crippen molar-refractivity contribution in [3.8, 4) is 0 Å². The Labute approximate surface area is 85.2 Å². The van der Waals surface area contributed by atoms with Gasteiger partial charge in [0.05, 0.1) is 0 Å². The first-order valence-electron chi connectivity index (χ1n) is 4.72. The molecule has 4 N–H and O–H groups in total. The van der Waals surface area contributed by atoms with Crippen LogP contribution in [0, 0.1) is 0 Å². The standard InChI is InChI=1S/C7H11N3.C3H8O/c1-9-7-4-6(5-8)2-3-10-7;1-2-3-4/h2-4H,5,8H2,1H3,(H,9,10);4H,2-3H2,1H3. The molecular weight excluding hydrogens is 178 g/mol. The Bertz CT molecular complexity index is 219. The summed E-state index contributed by atoms with van der Waals surface area (Å²) >= 11 is 0. The molecule has 0 fully saturated rings. The molecule has 1 rings (SSSR count). The molecule has 1 heterocycles. The lowest BCUT2D eigenvalue weighted by Gasteiger charge is -1.99. The Hall–Kier alpha value is -1.13. The second-order valence-electron chi connectivity index (χ2n) is 2.73. The van der Waals surface area contributed by atoms with Crippen molar-refractivity contribution >= 4 is 5.82 Å². The van der Waals surface area contributed by atoms with E-state index in [2.05, 4.69) is 10.3 Å². The largest absolute Gasteiger partial charge is 0.396 e. The molecule has 0 radical (unpaired) electrons. The van der Waals surface area contributed by atoms with Gasteiger partial charge in [-0.3, -0.25) is 0 Å². The Morgan fingerprint density at radius 2 is 2.21 bits per heavy atom. The maximum Gasteiger partial charge on any atom is 0.125 e. The summed E-state index contributed by atoms with van der Waals surface area (Å²) in [5, 5.41) is 10.8. The first-order chi connectivity index (χ1) is 6.78. The molecule has 14 heavy (non-hydrogen) atoms. The average molecular weight is 197 g/mol. The SMILES string of the molecule is CCCO.CNc1cc(CN)ccn1. The van der Waals surface area contributed by atoms with Gasteiger partial charge in [0.2, 0.25) is 0 Å². The van der Waals surface area contributed by atoms with E-state index in [1.54, 1.807) is 6.20 Å². The quantitative estimate of drug-likeness (QED) is 0.675. The molecule has 0 aliphatic rings. The van der Waals surface area contributed by atoms with E-state index in [4.69, 9.17) is 10.8 Å². The predicted molar refractivity (Wildman–Crippen MR) is 59.1 cm³/mol. The zero-order valence-corrected chi connectivity index (χ0v) is 8.83. The first kappa shape index (κ1) is 12.9. The summed E-state index contributed by atoms with van der Waals surface area (Å²) in [6, 6.07) is 3.83. The maximum atomic E-state index is 7.88. The summed E-state index contributed by atoms with van der Waals surface area (Å²) in [4.78, 5) is 4.04. The molecule has 0 aromatic carbocycles. The molecule has 0 aliphatic carbocycles. The molecule has 0 saturated heterocycles. The van der Waals surface area contributed by atoms with Crippen LogP contribution in [0.5, 0.6) is 0 Å². The fourth-order valence-corrected chi connectivity index (χ4v) is 0.738. The van der Waals surface area contributed by atoms with Crippen LogP contribution in [0.25, 0.3) is 0 Å². The number of nitrogens with zero attached hydrogens (tertiary/aromatic N) is 1. The minimum absolute atomic E-state index is 0.319. The zero-order valence-electron chi connectivity index (χ0n) is 8.83. The molecule has 0 atom stereocenters. The van der Waals surface area contributed by atoms with E-state index in [1.807, 2.05) is 26.1 Å². The van der Waals surface area contributed by atoms with Crippen molar-refractivity contribution in [2.75, 3.05) is 19.0 Å². The predicted octanol–water partition coefficient (Wildman–Crippen LogP) is 0.971. The summed E-state index contributed by atoms with van der Waals surface area (Å²) < 4.78 is 0. The van der Waals surface area contributed by atoms with Gasteiger partial charge in [-0.05, 0) is 24.1 Å². The number of pyridine rings is 1. The van der Waals surface area contributed by atoms with Gasteiger partial charge in [-0.15, -0.1) is 0 Å². The van der Waals surface area contributed by atoms with Crippen LogP contribution in [0.3, 0.4) is 0 Å². The molecule has 1 aromatic rings. The van der Waals surface area contributed by atoms with Crippen molar-refractivity contribution in [3.05, 3.63) is 23.9 Å². The molecule has 4 nitrogen and oxygen atoms in total. The van der Waals surface area contributed by atoms with Crippen LogP contribution < -0.4 is 11.1 Å². The van der Waals surface area contributed by atoms with Crippen molar-refractivity contribution in [3.63, 3.8) is 0 Å². The highest BCUT2D eigenvalue weighted by molar-refractivity contribution is 5.36. The fraction of sp³-hybridized carbons (Fsp3) is 0.500. The number of hydrogen-bond acceptors (Lipinski definition) is 4. The second-order valence-corrected chi connectivity index (χ2v) is 2.73. The monoisotopic (exact) mass is 197 g/mol. The number of hydrogen-bond donors (Lipinski definition) is 3. The Morgan fingerprint density at radius 1 is 1.57 bits per heavy atom. The minimum Gasteiger partial charge on any atom is -0.396 e. The molecule has 0 bridgehead atoms. The van der Waals surface area contributed by atoms with E-state index in [0.29, 0.717) is 13.2 Å². The van der Waals surface area contributed by atoms with Gasteiger partial charge in [0.1, 0.15) is 5.82 Å². The van der Waals surface area contributed by atoms with Crippen LogP contribution in [0.4, 0.5) is 5.82 Å². The van der Waals surface area contributed by atoms with Gasteiger partial charge in [0, 0.05) is 26.4 Å². The third kappa shape index (κ3) is 5.50. The highest BCUT2D eigenvalue weighted by Gasteiger charge is 1.90. The Morgan fingerprint density at radius 3 is 2.64 bits per heavy atom. The molecular formula is C10H19N3O. The van der Waals surface area contributed by atoms with Gasteiger partial charge >= 0.3 is 0 Å². The van der Waals surface area contributed by atoms with Crippen LogP contribution in [-0.2, 0) is 6.54 Å². The lowest BCUT2D eigenvalue weighted by Crippen LogP contribution is -1.98. The summed E-state index contributed by atoms with van der Waals surface area (Å²) in [6.45, 7) is 2.82. The normalized spacial score (nSPS) is 8.86. The highest BCUT2D eigenvalue weighted by Crippen LogP contribution is 2.03. The molecule has 0 saturated carbocycles. The number of rotatable bonds is 3. The van der Waals surface area contributed by atoms with Crippen molar-refractivity contribution < 1.29 is 5.11 Å². The topological polar surface area (TPSA) is 71.2 Å². The lowest BCUT2D eigenvalue weighted by atomic mass is 10.3. The van der Waals surface area contributed by atoms with E-state index in [9.17, 15) is 0 Å². The van der Waals surface area contributed by atoms with Gasteiger partial charge < -0.3 is 16.2 Å². The van der Waals surface area contributed by atoms with Crippen LogP contribution in [0.1, 0.15) is 18.9 Å². The zero-order chi connectivity index (χ0) is 10.8. The second kappa shape index (κ2) is 8.47. The van der Waals surface area contributed by atoms with Crippen molar-refractivity contribution in [2.45, 2.75) is 19.9 Å². The maximum absolute atomic E-state index is 7.88. The number of nitrogens with one attached hydrogen (secondary N) is 1. The number of aromatic nitrogens is 1. The van der Waals surface area contributed by atoms with E-state index in [1.165, 1.54) is 0 Å². The van der Waals surface area contributed by atoms with Gasteiger partial charge in [0.25, 0.3) is 0 Å². The highest BCUT2D eigenvalue weighted by atomic mass is 16.2. The Kier molecular flexibility index (Phi) is 7.78. The van der Waals surface area contributed by atoms with Gasteiger partial charge in [-0.25, -0.2) is 4.98 Å². The number of aliphatic hydroxyl groups is 1. The molecule has 0 unspecified atom stereocenters. The van der Waals surface area contributed by atoms with Crippen molar-refractivity contribution in [1.29, 1.82) is 0 Å². The third-order valence-corrected chi connectivity index (χ3v) is 1.54. The van der Waals surface area contributed by atoms with Gasteiger partial charge in [-0.1, -0.05) is 6.92 Å². The molecule has 4 heteroatoms. The summed E-state index contributed by atoms with van der Waals surface area (Å²) in [6.07, 6.45) is 2.62. The molecule has 80 valence electrons. The Balaban J connectivity index is 0.000000364. The van der Waals surface area contributed by atoms with E-state index in [-0.39, 0.29) is 0 Å². The van der Waals surface area contributed by atoms with Gasteiger partial charge in [-0.2, -0.15) is 0 Å². The summed E-state index contributed by atoms with van der Waals surface area (Å²) in [7, 11) is 1.84. The third-order valence-electron chi connectivity index (χ3n) is 1.54. The van der Waals surface area contributed by atoms with Crippen molar-refractivity contribution in [2.24, 2.45) is 5.73 Å². The average Bonchev–Trinajstić information content (AvgIpc) is 2.29.